The fourth-order valence-corrected chi connectivity index (χ4v) is 2.09. The van der Waals surface area contributed by atoms with Gasteiger partial charge in [0.1, 0.15) is 0 Å². The maximum absolute atomic E-state index is 11.4. The van der Waals surface area contributed by atoms with Crippen LogP contribution in [-0.4, -0.2) is 23.5 Å². The molecule has 0 fully saturated rings. The van der Waals surface area contributed by atoms with Crippen LogP contribution in [0.5, 0.6) is 0 Å². The number of carbonyl (C=O) groups excluding carboxylic acids is 1. The molecule has 0 aromatic carbocycles. The van der Waals surface area contributed by atoms with E-state index in [-0.39, 0.29) is 11.9 Å². The fraction of sp³-hybridized carbons (Fsp3) is 0.636. The Morgan fingerprint density at radius 3 is 3.12 bits per heavy atom. The number of nitrogens with one attached hydrogen (secondary N) is 1. The van der Waals surface area contributed by atoms with Gasteiger partial charge < -0.3 is 11.1 Å². The molecule has 1 aromatic heterocycles. The molecule has 0 radical (unpaired) electrons. The Hall–Kier alpha value is -0.940. The van der Waals surface area contributed by atoms with E-state index in [1.807, 2.05) is 5.38 Å². The zero-order valence-electron chi connectivity index (χ0n) is 9.61. The standard InChI is InChI=1S/C11H19N3OS/c1-2-3-9(12)8-10(15)13-5-4-11-14-6-7-16-11/h6-7,9H,2-5,8,12H2,1H3,(H,13,15). The zero-order chi connectivity index (χ0) is 11.8. The average Bonchev–Trinajstić information content (AvgIpc) is 2.70. The van der Waals surface area contributed by atoms with Gasteiger partial charge in [-0.3, -0.25) is 4.79 Å². The maximum atomic E-state index is 11.4. The predicted octanol–water partition coefficient (Wildman–Crippen LogP) is 1.32. The molecular formula is C11H19N3OS. The number of aromatic nitrogens is 1. The van der Waals surface area contributed by atoms with E-state index in [0.717, 1.165) is 24.3 Å². The molecule has 0 aliphatic heterocycles. The molecule has 0 saturated heterocycles. The number of carbonyl (C=O) groups is 1. The number of rotatable bonds is 7. The summed E-state index contributed by atoms with van der Waals surface area (Å²) in [7, 11) is 0. The van der Waals surface area contributed by atoms with Crippen LogP contribution < -0.4 is 11.1 Å². The van der Waals surface area contributed by atoms with Crippen LogP contribution in [0.2, 0.25) is 0 Å². The minimum atomic E-state index is -0.00939. The van der Waals surface area contributed by atoms with Crippen molar-refractivity contribution in [1.29, 1.82) is 0 Å². The van der Waals surface area contributed by atoms with E-state index in [4.69, 9.17) is 5.73 Å². The van der Waals surface area contributed by atoms with Crippen LogP contribution in [0.15, 0.2) is 11.6 Å². The van der Waals surface area contributed by atoms with Crippen LogP contribution in [0.3, 0.4) is 0 Å². The molecule has 1 heterocycles. The molecule has 5 heteroatoms. The highest BCUT2D eigenvalue weighted by atomic mass is 32.1. The molecule has 3 N–H and O–H groups in total. The van der Waals surface area contributed by atoms with Crippen LogP contribution in [0.4, 0.5) is 0 Å². The monoisotopic (exact) mass is 241 g/mol. The third-order valence-corrected chi connectivity index (χ3v) is 3.09. The zero-order valence-corrected chi connectivity index (χ0v) is 10.4. The Labute approximate surface area is 100 Å². The lowest BCUT2D eigenvalue weighted by molar-refractivity contribution is -0.121. The SMILES string of the molecule is CCCC(N)CC(=O)NCCc1nccs1. The van der Waals surface area contributed by atoms with Gasteiger partial charge in [0.25, 0.3) is 0 Å². The smallest absolute Gasteiger partial charge is 0.221 e. The Morgan fingerprint density at radius 1 is 1.69 bits per heavy atom. The lowest BCUT2D eigenvalue weighted by Gasteiger charge is -2.09. The Kier molecular flexibility index (Phi) is 6.03. The molecule has 1 unspecified atom stereocenters. The molecule has 1 atom stereocenters. The molecule has 90 valence electrons. The summed E-state index contributed by atoms with van der Waals surface area (Å²) in [5, 5.41) is 5.85. The summed E-state index contributed by atoms with van der Waals surface area (Å²) in [6.45, 7) is 2.71. The summed E-state index contributed by atoms with van der Waals surface area (Å²) in [6.07, 6.45) is 4.92. The van der Waals surface area contributed by atoms with Crippen molar-refractivity contribution in [3.63, 3.8) is 0 Å². The third-order valence-electron chi connectivity index (χ3n) is 2.25. The number of nitrogens with zero attached hydrogens (tertiary/aromatic N) is 1. The van der Waals surface area contributed by atoms with E-state index >= 15 is 0 Å². The molecule has 1 aromatic rings. The number of hydrogen-bond donors (Lipinski definition) is 2. The summed E-state index contributed by atoms with van der Waals surface area (Å²) >= 11 is 1.61. The van der Waals surface area contributed by atoms with Gasteiger partial charge in [-0.25, -0.2) is 4.98 Å². The molecular weight excluding hydrogens is 222 g/mol. The van der Waals surface area contributed by atoms with Crippen molar-refractivity contribution in [2.24, 2.45) is 5.73 Å². The summed E-state index contributed by atoms with van der Waals surface area (Å²) in [6, 6.07) is -0.00939. The van der Waals surface area contributed by atoms with Gasteiger partial charge in [0.05, 0.1) is 5.01 Å². The van der Waals surface area contributed by atoms with Gasteiger partial charge >= 0.3 is 0 Å². The second kappa shape index (κ2) is 7.35. The van der Waals surface area contributed by atoms with E-state index in [9.17, 15) is 4.79 Å². The molecule has 16 heavy (non-hydrogen) atoms. The Bertz CT molecular complexity index is 300. The predicted molar refractivity (Wildman–Crippen MR) is 66.3 cm³/mol. The first-order chi connectivity index (χ1) is 7.72. The number of hydrogen-bond acceptors (Lipinski definition) is 4. The van der Waals surface area contributed by atoms with Gasteiger partial charge in [0.2, 0.25) is 5.91 Å². The number of thiazole rings is 1. The molecule has 0 saturated carbocycles. The van der Waals surface area contributed by atoms with E-state index < -0.39 is 0 Å². The van der Waals surface area contributed by atoms with Crippen LogP contribution in [0, 0.1) is 0 Å². The summed E-state index contributed by atoms with van der Waals surface area (Å²) < 4.78 is 0. The highest BCUT2D eigenvalue weighted by molar-refractivity contribution is 7.09. The van der Waals surface area contributed by atoms with E-state index in [2.05, 4.69) is 17.2 Å². The molecule has 0 spiro atoms. The lowest BCUT2D eigenvalue weighted by Crippen LogP contribution is -2.32. The van der Waals surface area contributed by atoms with Gasteiger partial charge in [-0.15, -0.1) is 11.3 Å². The van der Waals surface area contributed by atoms with Gasteiger partial charge in [-0.05, 0) is 6.42 Å². The molecule has 0 aliphatic rings. The minimum Gasteiger partial charge on any atom is -0.356 e. The fourth-order valence-electron chi connectivity index (χ4n) is 1.47. The molecule has 0 bridgehead atoms. The Balaban J connectivity index is 2.10. The molecule has 4 nitrogen and oxygen atoms in total. The van der Waals surface area contributed by atoms with Crippen molar-refractivity contribution in [1.82, 2.24) is 10.3 Å². The largest absolute Gasteiger partial charge is 0.356 e. The third kappa shape index (κ3) is 5.23. The lowest BCUT2D eigenvalue weighted by atomic mass is 10.1. The molecule has 1 rings (SSSR count). The highest BCUT2D eigenvalue weighted by Gasteiger charge is 2.07. The number of amides is 1. The summed E-state index contributed by atoms with van der Waals surface area (Å²) in [5.74, 6) is 0.0394. The van der Waals surface area contributed by atoms with Gasteiger partial charge in [0, 0.05) is 37.0 Å². The van der Waals surface area contributed by atoms with E-state index in [0.29, 0.717) is 13.0 Å². The van der Waals surface area contributed by atoms with Crippen LogP contribution in [0.1, 0.15) is 31.2 Å². The van der Waals surface area contributed by atoms with Crippen molar-refractivity contribution in [2.45, 2.75) is 38.6 Å². The molecule has 1 amide bonds. The van der Waals surface area contributed by atoms with Crippen molar-refractivity contribution in [3.05, 3.63) is 16.6 Å². The van der Waals surface area contributed by atoms with Gasteiger partial charge in [-0.2, -0.15) is 0 Å². The van der Waals surface area contributed by atoms with Crippen LogP contribution in [-0.2, 0) is 11.2 Å². The quantitative estimate of drug-likeness (QED) is 0.756. The van der Waals surface area contributed by atoms with Gasteiger partial charge in [0.15, 0.2) is 0 Å². The topological polar surface area (TPSA) is 68.0 Å². The van der Waals surface area contributed by atoms with Crippen molar-refractivity contribution >= 4 is 17.2 Å². The second-order valence-corrected chi connectivity index (χ2v) is 4.76. The summed E-state index contributed by atoms with van der Waals surface area (Å²) in [5.41, 5.74) is 5.78. The first-order valence-corrected chi connectivity index (χ1v) is 6.51. The van der Waals surface area contributed by atoms with Crippen LogP contribution >= 0.6 is 11.3 Å². The summed E-state index contributed by atoms with van der Waals surface area (Å²) in [4.78, 5) is 15.6. The normalized spacial score (nSPS) is 12.4. The van der Waals surface area contributed by atoms with Crippen LogP contribution in [0.25, 0.3) is 0 Å². The molecule has 0 aliphatic carbocycles. The van der Waals surface area contributed by atoms with Crippen molar-refractivity contribution < 1.29 is 4.79 Å². The maximum Gasteiger partial charge on any atom is 0.221 e. The average molecular weight is 241 g/mol. The number of nitrogens with two attached hydrogens (primary N) is 1. The highest BCUT2D eigenvalue weighted by Crippen LogP contribution is 2.03. The second-order valence-electron chi connectivity index (χ2n) is 3.78. The first-order valence-electron chi connectivity index (χ1n) is 5.63. The van der Waals surface area contributed by atoms with Gasteiger partial charge in [-0.1, -0.05) is 13.3 Å². The van der Waals surface area contributed by atoms with E-state index in [1.165, 1.54) is 0 Å². The minimum absolute atomic E-state index is 0.00939. The van der Waals surface area contributed by atoms with Crippen molar-refractivity contribution in [2.75, 3.05) is 6.54 Å². The Morgan fingerprint density at radius 2 is 2.50 bits per heavy atom. The van der Waals surface area contributed by atoms with Crippen molar-refractivity contribution in [3.8, 4) is 0 Å². The first kappa shape index (κ1) is 13.1. The van der Waals surface area contributed by atoms with E-state index in [1.54, 1.807) is 17.5 Å².